The molecule has 0 bridgehead atoms. The minimum absolute atomic E-state index is 0.519. The molecule has 1 saturated heterocycles. The molecule has 5 rings (SSSR count). The molecule has 180 valence electrons. The molecule has 0 unspecified atom stereocenters. The smallest absolute Gasteiger partial charge is 0.200 e. The SMILES string of the molecule is Cc1cc(-c2c(C)cccc2C)ccc1-c1c2ccc([Si]3(C)CCC(C)(C)CC3)cc2cc[n+]1C. The molecule has 0 amide bonds. The van der Waals surface area contributed by atoms with Crippen LogP contribution in [0, 0.1) is 26.2 Å². The summed E-state index contributed by atoms with van der Waals surface area (Å²) in [6, 6.07) is 26.1. The molecule has 0 atom stereocenters. The standard InChI is InChI=1S/C33H40NSi/c1-23-9-8-10-24(2)31(23)27-11-13-29(25(3)21-27)32-30-14-12-28(22-26(30)15-18-34(32)6)35(7)19-16-33(4,5)17-20-35/h8-15,18,21-22H,16-17,19-20H2,1-7H3/q+1. The van der Waals surface area contributed by atoms with E-state index in [9.17, 15) is 0 Å². The van der Waals surface area contributed by atoms with E-state index < -0.39 is 8.07 Å². The first-order valence-corrected chi connectivity index (χ1v) is 16.1. The molecule has 0 spiro atoms. The zero-order valence-corrected chi connectivity index (χ0v) is 23.6. The number of aryl methyl sites for hydroxylation is 4. The van der Waals surface area contributed by atoms with Crippen molar-refractivity contribution in [3.63, 3.8) is 0 Å². The lowest BCUT2D eigenvalue weighted by molar-refractivity contribution is -0.659. The van der Waals surface area contributed by atoms with Gasteiger partial charge in [0.05, 0.1) is 13.5 Å². The highest BCUT2D eigenvalue weighted by molar-refractivity contribution is 6.91. The summed E-state index contributed by atoms with van der Waals surface area (Å²) in [5.41, 5.74) is 9.83. The first-order valence-electron chi connectivity index (χ1n) is 13.2. The van der Waals surface area contributed by atoms with Gasteiger partial charge >= 0.3 is 0 Å². The Hall–Kier alpha value is -2.71. The lowest BCUT2D eigenvalue weighted by Crippen LogP contribution is -2.48. The Kier molecular flexibility index (Phi) is 6.00. The van der Waals surface area contributed by atoms with E-state index >= 15 is 0 Å². The van der Waals surface area contributed by atoms with Gasteiger partial charge in [-0.25, -0.2) is 4.57 Å². The highest BCUT2D eigenvalue weighted by Crippen LogP contribution is 2.41. The molecule has 1 nitrogen and oxygen atoms in total. The van der Waals surface area contributed by atoms with Crippen LogP contribution in [-0.4, -0.2) is 8.07 Å². The number of aromatic nitrogens is 1. The fraction of sp³-hybridized carbons (Fsp3) is 0.364. The normalized spacial score (nSPS) is 17.0. The Labute approximate surface area is 212 Å². The topological polar surface area (TPSA) is 3.88 Å². The largest absolute Gasteiger partial charge is 0.220 e. The summed E-state index contributed by atoms with van der Waals surface area (Å²) in [5.74, 6) is 0. The Balaban J connectivity index is 1.58. The number of benzene rings is 3. The molecular formula is C33H40NSi+. The van der Waals surface area contributed by atoms with Crippen molar-refractivity contribution in [2.75, 3.05) is 0 Å². The molecular weight excluding hydrogens is 438 g/mol. The van der Waals surface area contributed by atoms with Gasteiger partial charge in [-0.15, -0.1) is 0 Å². The fourth-order valence-electron chi connectivity index (χ4n) is 6.21. The van der Waals surface area contributed by atoms with Crippen molar-refractivity contribution in [2.24, 2.45) is 12.5 Å². The van der Waals surface area contributed by atoms with E-state index in [1.165, 1.54) is 74.8 Å². The highest BCUT2D eigenvalue weighted by Gasteiger charge is 2.38. The zero-order chi connectivity index (χ0) is 25.0. The molecule has 0 N–H and O–H groups in total. The third-order valence-electron chi connectivity index (χ3n) is 8.79. The molecule has 0 saturated carbocycles. The van der Waals surface area contributed by atoms with E-state index in [2.05, 4.69) is 120 Å². The van der Waals surface area contributed by atoms with Crippen LogP contribution in [0.15, 0.2) is 66.9 Å². The van der Waals surface area contributed by atoms with Gasteiger partial charge in [0.2, 0.25) is 5.69 Å². The third kappa shape index (κ3) is 4.38. The van der Waals surface area contributed by atoms with E-state index in [1.807, 2.05) is 0 Å². The van der Waals surface area contributed by atoms with Crippen molar-refractivity contribution in [1.29, 1.82) is 0 Å². The Bertz CT molecular complexity index is 1400. The van der Waals surface area contributed by atoms with E-state index in [-0.39, 0.29) is 0 Å². The van der Waals surface area contributed by atoms with Crippen molar-refractivity contribution in [3.8, 4) is 22.4 Å². The number of nitrogens with zero attached hydrogens (tertiary/aromatic N) is 1. The Morgan fingerprint density at radius 2 is 1.49 bits per heavy atom. The van der Waals surface area contributed by atoms with Gasteiger partial charge in [0.1, 0.15) is 7.05 Å². The van der Waals surface area contributed by atoms with Crippen LogP contribution in [0.1, 0.15) is 43.4 Å². The molecule has 2 heteroatoms. The minimum Gasteiger partial charge on any atom is -0.200 e. The summed E-state index contributed by atoms with van der Waals surface area (Å²) in [7, 11) is 0.779. The van der Waals surface area contributed by atoms with Crippen molar-refractivity contribution in [2.45, 2.75) is 66.1 Å². The summed E-state index contributed by atoms with van der Waals surface area (Å²) in [5, 5.41) is 4.38. The van der Waals surface area contributed by atoms with Crippen molar-refractivity contribution >= 4 is 24.0 Å². The predicted octanol–water partition coefficient (Wildman–Crippen LogP) is 8.03. The maximum absolute atomic E-state index is 2.61. The lowest BCUT2D eigenvalue weighted by atomic mass is 9.87. The molecule has 35 heavy (non-hydrogen) atoms. The van der Waals surface area contributed by atoms with Gasteiger partial charge in [0, 0.05) is 11.6 Å². The molecule has 1 aromatic heterocycles. The first-order chi connectivity index (χ1) is 16.6. The van der Waals surface area contributed by atoms with E-state index in [0.29, 0.717) is 5.41 Å². The highest BCUT2D eigenvalue weighted by atomic mass is 28.3. The monoisotopic (exact) mass is 478 g/mol. The molecule has 1 aliphatic heterocycles. The van der Waals surface area contributed by atoms with Crippen LogP contribution >= 0.6 is 0 Å². The van der Waals surface area contributed by atoms with E-state index in [1.54, 1.807) is 5.19 Å². The van der Waals surface area contributed by atoms with Crippen LogP contribution in [-0.2, 0) is 7.05 Å². The second kappa shape index (κ2) is 8.75. The van der Waals surface area contributed by atoms with Crippen molar-refractivity contribution in [1.82, 2.24) is 0 Å². The van der Waals surface area contributed by atoms with Gasteiger partial charge in [0.25, 0.3) is 0 Å². The van der Waals surface area contributed by atoms with Gasteiger partial charge in [-0.05, 0) is 71.5 Å². The Morgan fingerprint density at radius 3 is 2.14 bits per heavy atom. The summed E-state index contributed by atoms with van der Waals surface area (Å²) in [6.07, 6.45) is 4.98. The van der Waals surface area contributed by atoms with Crippen LogP contribution in [0.2, 0.25) is 18.6 Å². The first kappa shape index (κ1) is 24.0. The quantitative estimate of drug-likeness (QED) is 0.207. The predicted molar refractivity (Wildman–Crippen MR) is 154 cm³/mol. The summed E-state index contributed by atoms with van der Waals surface area (Å²) < 4.78 is 2.30. The number of pyridine rings is 1. The van der Waals surface area contributed by atoms with E-state index in [0.717, 1.165) is 0 Å². The lowest BCUT2D eigenvalue weighted by Gasteiger charge is -2.40. The molecule has 0 aliphatic carbocycles. The molecule has 1 aliphatic rings. The molecule has 0 radical (unpaired) electrons. The van der Waals surface area contributed by atoms with Crippen molar-refractivity contribution < 1.29 is 4.57 Å². The van der Waals surface area contributed by atoms with Gasteiger partial charge in [-0.3, -0.25) is 0 Å². The number of hydrogen-bond acceptors (Lipinski definition) is 0. The maximum Gasteiger partial charge on any atom is 0.220 e. The molecule has 4 aromatic rings. The average Bonchev–Trinajstić information content (AvgIpc) is 2.81. The Morgan fingerprint density at radius 1 is 0.800 bits per heavy atom. The summed E-state index contributed by atoms with van der Waals surface area (Å²) in [6.45, 7) is 14.2. The second-order valence-corrected chi connectivity index (χ2v) is 16.8. The minimum atomic E-state index is -1.40. The summed E-state index contributed by atoms with van der Waals surface area (Å²) >= 11 is 0. The van der Waals surface area contributed by atoms with Crippen LogP contribution in [0.3, 0.4) is 0 Å². The average molecular weight is 479 g/mol. The van der Waals surface area contributed by atoms with Crippen LogP contribution in [0.4, 0.5) is 0 Å². The van der Waals surface area contributed by atoms with Crippen LogP contribution in [0.5, 0.6) is 0 Å². The number of hydrogen-bond donors (Lipinski definition) is 0. The third-order valence-corrected chi connectivity index (χ3v) is 13.2. The van der Waals surface area contributed by atoms with Crippen LogP contribution in [0.25, 0.3) is 33.2 Å². The van der Waals surface area contributed by atoms with Crippen molar-refractivity contribution in [3.05, 3.63) is 83.6 Å². The number of fused-ring (bicyclic) bond motifs is 1. The maximum atomic E-state index is 2.61. The van der Waals surface area contributed by atoms with Gasteiger partial charge in [-0.1, -0.05) is 93.0 Å². The van der Waals surface area contributed by atoms with Crippen LogP contribution < -0.4 is 9.75 Å². The fourth-order valence-corrected chi connectivity index (χ4v) is 10.5. The zero-order valence-electron chi connectivity index (χ0n) is 22.6. The van der Waals surface area contributed by atoms with Gasteiger partial charge in [0.15, 0.2) is 6.20 Å². The molecule has 2 heterocycles. The van der Waals surface area contributed by atoms with E-state index in [4.69, 9.17) is 0 Å². The second-order valence-electron chi connectivity index (χ2n) is 12.1. The van der Waals surface area contributed by atoms with Gasteiger partial charge < -0.3 is 0 Å². The summed E-state index contributed by atoms with van der Waals surface area (Å²) in [4.78, 5) is 0. The molecule has 1 fully saturated rings. The number of rotatable bonds is 3. The van der Waals surface area contributed by atoms with Gasteiger partial charge in [-0.2, -0.15) is 0 Å². The molecule has 3 aromatic carbocycles.